The van der Waals surface area contributed by atoms with E-state index >= 15 is 0 Å². The Morgan fingerprint density at radius 1 is 0.234 bits per heavy atom. The van der Waals surface area contributed by atoms with Crippen molar-refractivity contribution in [3.63, 3.8) is 0 Å². The zero-order valence-corrected chi connectivity index (χ0v) is 71.8. The molecule has 1 heterocycles. The van der Waals surface area contributed by atoms with Crippen molar-refractivity contribution < 1.29 is 4.74 Å². The molecule has 12 aromatic carbocycles. The van der Waals surface area contributed by atoms with E-state index in [4.69, 9.17) is 4.74 Å². The zero-order chi connectivity index (χ0) is 74.6. The summed E-state index contributed by atoms with van der Waals surface area (Å²) in [4.78, 5) is 6.89. The Kier molecular flexibility index (Phi) is 21.6. The van der Waals surface area contributed by atoms with E-state index in [9.17, 15) is 0 Å². The molecule has 0 saturated heterocycles. The van der Waals surface area contributed by atoms with Crippen LogP contribution in [0.4, 0.5) is 51.2 Å². The highest BCUT2D eigenvalue weighted by atomic mass is 79.9. The van der Waals surface area contributed by atoms with Crippen LogP contribution < -0.4 is 14.7 Å². The lowest BCUT2D eigenvalue weighted by Crippen LogP contribution is -2.44. The Bertz CT molecular complexity index is 5010. The summed E-state index contributed by atoms with van der Waals surface area (Å²) in [7, 11) is 0. The second kappa shape index (κ2) is 30.6. The average Bonchev–Trinajstić information content (AvgIpc) is 1.63. The number of ether oxygens (including phenoxy) is 1. The third-order valence-electron chi connectivity index (χ3n) is 24.7. The van der Waals surface area contributed by atoms with Crippen molar-refractivity contribution in [3.05, 3.63) is 333 Å². The van der Waals surface area contributed by atoms with Crippen LogP contribution in [0.1, 0.15) is 159 Å². The summed E-state index contributed by atoms with van der Waals surface area (Å²) in [6.45, 7) is 18.9. The predicted octanol–water partition coefficient (Wildman–Crippen LogP) is 31.9. The zero-order valence-electron chi connectivity index (χ0n) is 62.3. The van der Waals surface area contributed by atoms with E-state index < -0.39 is 0 Å². The second-order valence-electron chi connectivity index (χ2n) is 31.2. The van der Waals surface area contributed by atoms with Gasteiger partial charge in [0.25, 0.3) is 0 Å². The summed E-state index contributed by atoms with van der Waals surface area (Å²) < 4.78 is 13.4. The third-order valence-corrected chi connectivity index (χ3v) is 27.8. The smallest absolute Gasteiger partial charge is 0.0942 e. The molecule has 2 saturated carbocycles. The summed E-state index contributed by atoms with van der Waals surface area (Å²) in [6, 6.07) is 99.3. The van der Waals surface area contributed by atoms with E-state index in [1.54, 1.807) is 22.3 Å². The number of anilines is 9. The first kappa shape index (κ1) is 75.3. The molecule has 0 aromatic heterocycles. The van der Waals surface area contributed by atoms with Crippen molar-refractivity contribution in [2.75, 3.05) is 14.7 Å². The van der Waals surface area contributed by atoms with Gasteiger partial charge in [-0.15, -0.1) is 0 Å². The monoisotopic (exact) mass is 1790 g/mol. The van der Waals surface area contributed by atoms with Gasteiger partial charge in [0, 0.05) is 78.0 Å². The van der Waals surface area contributed by atoms with Crippen LogP contribution >= 0.6 is 95.6 Å². The molecule has 2 unspecified atom stereocenters. The molecule has 0 N–H and O–H groups in total. The first-order chi connectivity index (χ1) is 51.6. The number of hydrogen-bond acceptors (Lipinski definition) is 4. The largest absolute Gasteiger partial charge is 0.359 e. The van der Waals surface area contributed by atoms with Gasteiger partial charge in [-0.2, -0.15) is 0 Å². The van der Waals surface area contributed by atoms with Crippen LogP contribution in [0.2, 0.25) is 0 Å². The standard InChI is InChI=1S/C34H35Br2NO.C32H29Br2N.C31H27Br2N/c1-5-33(6-2)31-22-11-25(23-32(31)34(7-3,8-4)38-33)24-9-16-28(17-10-24)37(29-18-12-26(35)13-19-29)30-20-14-27(36)15-21-30;1-31-17-19-32(2,20-18-31)30-21-23(5-16-29(30)31)22-3-10-26(11-4-22)35(27-12-6-24(33)7-13-27)28-14-8-25(34)9-15-28;1-30-17-18-31(2,20-30)29-19-22(5-16-28(29)30)21-3-10-25(11-4-21)34(26-12-6-23(32)7-13-26)27-14-8-24(33)9-15-27/h9-23H,5-8H2,1-4H3;3-16,21H,17-20H2,1-2H3;3-16,19H,17-18,20H2,1-2H3. The van der Waals surface area contributed by atoms with Gasteiger partial charge in [-0.3, -0.25) is 0 Å². The quantitative estimate of drug-likeness (QED) is 0.0960. The van der Waals surface area contributed by atoms with Gasteiger partial charge in [0.1, 0.15) is 0 Å². The minimum absolute atomic E-state index is 0.181. The molecule has 4 bridgehead atoms. The minimum Gasteiger partial charge on any atom is -0.359 e. The third kappa shape index (κ3) is 14.7. The highest BCUT2D eigenvalue weighted by Gasteiger charge is 2.53. The molecule has 4 nitrogen and oxygen atoms in total. The lowest BCUT2D eigenvalue weighted by molar-refractivity contribution is -0.151. The predicted molar refractivity (Wildman–Crippen MR) is 473 cm³/mol. The fourth-order valence-corrected chi connectivity index (χ4v) is 19.9. The molecule has 2 atom stereocenters. The average molecular weight is 1790 g/mol. The maximum Gasteiger partial charge on any atom is 0.0942 e. The van der Waals surface area contributed by atoms with Gasteiger partial charge in [0.05, 0.1) is 11.2 Å². The van der Waals surface area contributed by atoms with E-state index in [1.807, 2.05) is 0 Å². The lowest BCUT2D eigenvalue weighted by atomic mass is 9.52. The Morgan fingerprint density at radius 3 is 0.710 bits per heavy atom. The summed E-state index contributed by atoms with van der Waals surface area (Å²) in [6.07, 6.45) is 13.2. The molecule has 107 heavy (non-hydrogen) atoms. The number of rotatable bonds is 16. The maximum atomic E-state index is 6.95. The van der Waals surface area contributed by atoms with E-state index in [0.29, 0.717) is 21.7 Å². The molecule has 5 aliphatic carbocycles. The molecule has 0 radical (unpaired) electrons. The summed E-state index contributed by atoms with van der Waals surface area (Å²) in [5.41, 5.74) is 28.0. The van der Waals surface area contributed by atoms with Crippen molar-refractivity contribution in [1.82, 2.24) is 0 Å². The van der Waals surface area contributed by atoms with Gasteiger partial charge in [-0.05, 0) is 347 Å². The van der Waals surface area contributed by atoms with Crippen LogP contribution in [0.5, 0.6) is 0 Å². The molecule has 12 aromatic rings. The summed E-state index contributed by atoms with van der Waals surface area (Å²) in [5, 5.41) is 0. The first-order valence-electron chi connectivity index (χ1n) is 38.0. The van der Waals surface area contributed by atoms with Crippen molar-refractivity contribution in [2.45, 2.75) is 159 Å². The molecule has 1 aliphatic heterocycles. The number of benzene rings is 12. The summed E-state index contributed by atoms with van der Waals surface area (Å²) in [5.74, 6) is 0. The second-order valence-corrected chi connectivity index (χ2v) is 36.7. The Labute approximate surface area is 685 Å². The van der Waals surface area contributed by atoms with E-state index in [-0.39, 0.29) is 11.2 Å². The maximum absolute atomic E-state index is 6.95. The van der Waals surface area contributed by atoms with Gasteiger partial charge in [-0.25, -0.2) is 0 Å². The number of nitrogens with zero attached hydrogens (tertiary/aromatic N) is 3. The summed E-state index contributed by atoms with van der Waals surface area (Å²) >= 11 is 21.4. The van der Waals surface area contributed by atoms with Crippen molar-refractivity contribution in [3.8, 4) is 33.4 Å². The molecule has 0 amide bonds. The van der Waals surface area contributed by atoms with Crippen molar-refractivity contribution in [1.29, 1.82) is 0 Å². The van der Waals surface area contributed by atoms with Crippen molar-refractivity contribution >= 4 is 147 Å². The first-order valence-corrected chi connectivity index (χ1v) is 42.7. The van der Waals surface area contributed by atoms with Gasteiger partial charge < -0.3 is 19.4 Å². The molecule has 542 valence electrons. The van der Waals surface area contributed by atoms with Crippen molar-refractivity contribution in [2.24, 2.45) is 0 Å². The Hall–Kier alpha value is -7.12. The van der Waals surface area contributed by atoms with Crippen LogP contribution in [0.25, 0.3) is 33.4 Å². The highest BCUT2D eigenvalue weighted by molar-refractivity contribution is 9.11. The Morgan fingerprint density at radius 2 is 0.430 bits per heavy atom. The fraction of sp³-hybridized carbons (Fsp3) is 0.258. The van der Waals surface area contributed by atoms with Crippen LogP contribution in [-0.4, -0.2) is 0 Å². The molecule has 2 fully saturated rings. The van der Waals surface area contributed by atoms with Gasteiger partial charge >= 0.3 is 0 Å². The van der Waals surface area contributed by atoms with Gasteiger partial charge in [0.2, 0.25) is 0 Å². The fourth-order valence-electron chi connectivity index (χ4n) is 18.3. The van der Waals surface area contributed by atoms with E-state index in [2.05, 4.69) is 439 Å². The SMILES string of the molecule is CC12CCC(C)(C1)c1cc(-c3ccc(N(c4ccc(Br)cc4)c4ccc(Br)cc4)cc3)ccc12.CC12CCC(C)(CC1)c1cc(-c3ccc(N(c4ccc(Br)cc4)c4ccc(Br)cc4)cc3)ccc12.CCC1(CC)OC(CC)(CC)c2cc(-c3ccc(N(c4ccc(Br)cc4)c4ccc(Br)cc4)cc3)ccc21. The van der Waals surface area contributed by atoms with E-state index in [1.165, 1.54) is 89.5 Å². The highest BCUT2D eigenvalue weighted by Crippen LogP contribution is 2.62. The van der Waals surface area contributed by atoms with Crippen LogP contribution in [-0.2, 0) is 37.6 Å². The number of hydrogen-bond donors (Lipinski definition) is 0. The van der Waals surface area contributed by atoms with E-state index in [0.717, 1.165) is 104 Å². The lowest BCUT2D eigenvalue weighted by Gasteiger charge is -2.52. The van der Waals surface area contributed by atoms with Crippen LogP contribution in [0, 0.1) is 0 Å². The molecular weight excluding hydrogens is 1700 g/mol. The van der Waals surface area contributed by atoms with Crippen LogP contribution in [0.3, 0.4) is 0 Å². The van der Waals surface area contributed by atoms with Gasteiger partial charge in [0.15, 0.2) is 0 Å². The molecule has 6 aliphatic rings. The number of fused-ring (bicyclic) bond motifs is 8. The topological polar surface area (TPSA) is 19.0 Å². The minimum atomic E-state index is -0.211. The van der Waals surface area contributed by atoms with Crippen LogP contribution in [0.15, 0.2) is 300 Å². The molecule has 0 spiro atoms. The normalized spacial score (nSPS) is 20.0. The molecular formula is C97H91Br6N3O. The van der Waals surface area contributed by atoms with Gasteiger partial charge in [-0.1, -0.05) is 236 Å². The number of halogens is 6. The Balaban J connectivity index is 0.000000128. The molecule has 10 heteroatoms. The molecule has 18 rings (SSSR count).